The minimum atomic E-state index is 0.404. The second-order valence-corrected chi connectivity index (χ2v) is 4.73. The summed E-state index contributed by atoms with van der Waals surface area (Å²) >= 11 is 0. The Morgan fingerprint density at radius 2 is 2.33 bits per heavy atom. The van der Waals surface area contributed by atoms with Crippen molar-refractivity contribution < 1.29 is 0 Å². The van der Waals surface area contributed by atoms with Gasteiger partial charge in [0.1, 0.15) is 0 Å². The fourth-order valence-corrected chi connectivity index (χ4v) is 3.58. The van der Waals surface area contributed by atoms with Crippen LogP contribution in [-0.4, -0.2) is 7.85 Å². The quantitative estimate of drug-likeness (QED) is 0.408. The first-order valence-electron chi connectivity index (χ1n) is 5.04. The van der Waals surface area contributed by atoms with Crippen LogP contribution in [0.4, 0.5) is 0 Å². The van der Waals surface area contributed by atoms with Crippen LogP contribution >= 0.6 is 0 Å². The van der Waals surface area contributed by atoms with Crippen LogP contribution in [0.15, 0.2) is 12.2 Å². The van der Waals surface area contributed by atoms with Gasteiger partial charge in [-0.05, 0) is 30.1 Å². The van der Waals surface area contributed by atoms with Crippen molar-refractivity contribution in [3.05, 3.63) is 12.2 Å². The van der Waals surface area contributed by atoms with Gasteiger partial charge in [0.05, 0.1) is 7.85 Å². The maximum atomic E-state index is 6.10. The maximum Gasteiger partial charge on any atom is 0.0708 e. The van der Waals surface area contributed by atoms with Crippen LogP contribution in [0, 0.1) is 17.3 Å². The van der Waals surface area contributed by atoms with Gasteiger partial charge in [-0.1, -0.05) is 38.2 Å². The molecule has 0 aliphatic heterocycles. The van der Waals surface area contributed by atoms with Crippen LogP contribution < -0.4 is 0 Å². The van der Waals surface area contributed by atoms with Gasteiger partial charge in [0.15, 0.2) is 0 Å². The molecule has 2 saturated carbocycles. The highest BCUT2D eigenvalue weighted by molar-refractivity contribution is 6.12. The lowest BCUT2D eigenvalue weighted by Gasteiger charge is -2.30. The molecular formula is C11H17B. The van der Waals surface area contributed by atoms with E-state index in [2.05, 4.69) is 20.4 Å². The van der Waals surface area contributed by atoms with Gasteiger partial charge in [0.2, 0.25) is 0 Å². The number of rotatable bonds is 1. The normalized spacial score (nSPS) is 51.8. The van der Waals surface area contributed by atoms with Crippen LogP contribution in [-0.2, 0) is 0 Å². The summed E-state index contributed by atoms with van der Waals surface area (Å²) in [5.74, 6) is 1.82. The van der Waals surface area contributed by atoms with Crippen LogP contribution in [0.5, 0.6) is 0 Å². The lowest BCUT2D eigenvalue weighted by atomic mass is 9.69. The van der Waals surface area contributed by atoms with Crippen molar-refractivity contribution in [3.8, 4) is 0 Å². The zero-order valence-electron chi connectivity index (χ0n) is 8.14. The fraction of sp³-hybridized carbons (Fsp3) is 0.818. The van der Waals surface area contributed by atoms with Gasteiger partial charge in [-0.3, -0.25) is 0 Å². The molecule has 0 aromatic rings. The lowest BCUT2D eigenvalue weighted by Crippen LogP contribution is -2.19. The third-order valence-corrected chi connectivity index (χ3v) is 4.36. The molecule has 2 radical (unpaired) electrons. The van der Waals surface area contributed by atoms with E-state index in [0.29, 0.717) is 17.2 Å². The van der Waals surface area contributed by atoms with Crippen LogP contribution in [0.25, 0.3) is 0 Å². The van der Waals surface area contributed by atoms with Crippen LogP contribution in [0.1, 0.15) is 33.1 Å². The molecule has 2 fully saturated rings. The van der Waals surface area contributed by atoms with E-state index in [-0.39, 0.29) is 0 Å². The van der Waals surface area contributed by atoms with Crippen molar-refractivity contribution in [3.63, 3.8) is 0 Å². The van der Waals surface area contributed by atoms with Gasteiger partial charge in [-0.15, -0.1) is 0 Å². The third kappa shape index (κ3) is 0.801. The Labute approximate surface area is 76.8 Å². The molecule has 1 unspecified atom stereocenters. The number of fused-ring (bicyclic) bond motifs is 2. The second-order valence-electron chi connectivity index (χ2n) is 4.73. The van der Waals surface area contributed by atoms with E-state index >= 15 is 0 Å². The Bertz CT molecular complexity index is 221. The highest BCUT2D eigenvalue weighted by Crippen LogP contribution is 2.65. The summed E-state index contributed by atoms with van der Waals surface area (Å²) in [7, 11) is 6.10. The molecule has 2 bridgehead atoms. The summed E-state index contributed by atoms with van der Waals surface area (Å²) in [5, 5.41) is 0. The summed E-state index contributed by atoms with van der Waals surface area (Å²) in [4.78, 5) is 0. The molecular weight excluding hydrogens is 143 g/mol. The first-order chi connectivity index (χ1) is 5.60. The third-order valence-electron chi connectivity index (χ3n) is 4.36. The molecule has 0 heterocycles. The monoisotopic (exact) mass is 160 g/mol. The Hall–Kier alpha value is -0.195. The van der Waals surface area contributed by atoms with Gasteiger partial charge in [-0.2, -0.15) is 0 Å². The van der Waals surface area contributed by atoms with Crippen molar-refractivity contribution in [1.29, 1.82) is 0 Å². The molecule has 2 aliphatic carbocycles. The molecule has 0 spiro atoms. The average molecular weight is 160 g/mol. The standard InChI is InChI=1S/C11H17B/c1-4-11-5-7(2)10(8(11)3)9(12)6-11/h8-10H,2,4-6H2,1,3H3/t8?,9-,10+,11-/m1/s1. The molecule has 12 heavy (non-hydrogen) atoms. The number of hydrogen-bond acceptors (Lipinski definition) is 0. The van der Waals surface area contributed by atoms with Crippen molar-refractivity contribution in [2.45, 2.75) is 38.9 Å². The topological polar surface area (TPSA) is 0 Å². The van der Waals surface area contributed by atoms with E-state index in [9.17, 15) is 0 Å². The van der Waals surface area contributed by atoms with Crippen LogP contribution in [0.2, 0.25) is 5.82 Å². The van der Waals surface area contributed by atoms with Gasteiger partial charge < -0.3 is 0 Å². The number of allylic oxidation sites excluding steroid dienone is 1. The van der Waals surface area contributed by atoms with E-state index in [1.165, 1.54) is 24.8 Å². The minimum absolute atomic E-state index is 0.404. The second kappa shape index (κ2) is 2.40. The zero-order chi connectivity index (χ0) is 8.93. The van der Waals surface area contributed by atoms with E-state index in [1.54, 1.807) is 0 Å². The molecule has 2 rings (SSSR count). The average Bonchev–Trinajstić information content (AvgIpc) is 2.37. The summed E-state index contributed by atoms with van der Waals surface area (Å²) in [6, 6.07) is 0. The van der Waals surface area contributed by atoms with E-state index in [0.717, 1.165) is 5.92 Å². The first kappa shape index (κ1) is 8.41. The molecule has 1 heteroatoms. The van der Waals surface area contributed by atoms with Crippen molar-refractivity contribution in [2.24, 2.45) is 17.3 Å². The summed E-state index contributed by atoms with van der Waals surface area (Å²) in [6.45, 7) is 8.81. The fourth-order valence-electron chi connectivity index (χ4n) is 3.58. The zero-order valence-corrected chi connectivity index (χ0v) is 8.14. The summed E-state index contributed by atoms with van der Waals surface area (Å²) in [6.07, 6.45) is 3.74. The Balaban J connectivity index is 2.34. The maximum absolute atomic E-state index is 6.10. The van der Waals surface area contributed by atoms with Gasteiger partial charge in [0.25, 0.3) is 0 Å². The largest absolute Gasteiger partial charge is 0.0996 e. The molecule has 64 valence electrons. The summed E-state index contributed by atoms with van der Waals surface area (Å²) in [5.41, 5.74) is 1.95. The van der Waals surface area contributed by atoms with Gasteiger partial charge >= 0.3 is 0 Å². The van der Waals surface area contributed by atoms with Gasteiger partial charge in [0, 0.05) is 0 Å². The molecule has 0 amide bonds. The highest BCUT2D eigenvalue weighted by Gasteiger charge is 2.54. The lowest BCUT2D eigenvalue weighted by molar-refractivity contribution is 0.230. The van der Waals surface area contributed by atoms with Crippen LogP contribution in [0.3, 0.4) is 0 Å². The SMILES string of the molecule is [B][C@@H]1C[C@@]2(CC)CC(=C)[C@H]1C2C. The molecule has 0 aromatic heterocycles. The molecule has 4 atom stereocenters. The molecule has 2 aliphatic rings. The smallest absolute Gasteiger partial charge is 0.0708 e. The molecule has 0 aromatic carbocycles. The predicted molar refractivity (Wildman–Crippen MR) is 53.3 cm³/mol. The number of hydrogen-bond donors (Lipinski definition) is 0. The predicted octanol–water partition coefficient (Wildman–Crippen LogP) is 2.96. The molecule has 0 nitrogen and oxygen atoms in total. The Morgan fingerprint density at radius 1 is 1.67 bits per heavy atom. The Kier molecular flexibility index (Phi) is 1.68. The molecule has 0 saturated heterocycles. The summed E-state index contributed by atoms with van der Waals surface area (Å²) < 4.78 is 0. The van der Waals surface area contributed by atoms with E-state index < -0.39 is 0 Å². The highest BCUT2D eigenvalue weighted by atomic mass is 14.6. The van der Waals surface area contributed by atoms with Crippen molar-refractivity contribution in [2.75, 3.05) is 0 Å². The Morgan fingerprint density at radius 3 is 2.67 bits per heavy atom. The van der Waals surface area contributed by atoms with Crippen molar-refractivity contribution in [1.82, 2.24) is 0 Å². The van der Waals surface area contributed by atoms with E-state index in [4.69, 9.17) is 7.85 Å². The first-order valence-corrected chi connectivity index (χ1v) is 5.04. The van der Waals surface area contributed by atoms with Crippen molar-refractivity contribution >= 4 is 7.85 Å². The molecule has 0 N–H and O–H groups in total. The minimum Gasteiger partial charge on any atom is -0.0996 e. The van der Waals surface area contributed by atoms with Gasteiger partial charge in [-0.25, -0.2) is 0 Å². The van der Waals surface area contributed by atoms with E-state index in [1.807, 2.05) is 0 Å².